The topological polar surface area (TPSA) is 116 Å². The number of urea groups is 1. The molecule has 0 radical (unpaired) electrons. The largest absolute Gasteiger partial charge is 0.481 e. The number of aliphatic carboxylic acids is 2. The van der Waals surface area contributed by atoms with Crippen LogP contribution in [0.4, 0.5) is 4.79 Å². The van der Waals surface area contributed by atoms with Crippen molar-refractivity contribution in [2.24, 2.45) is 5.92 Å². The van der Waals surface area contributed by atoms with Crippen molar-refractivity contribution in [2.75, 3.05) is 13.1 Å². The molecule has 1 rings (SSSR count). The minimum atomic E-state index is -1.24. The van der Waals surface area contributed by atoms with Crippen LogP contribution in [0, 0.1) is 5.92 Å². The molecular formula is C15H20N2O5. The Morgan fingerprint density at radius 2 is 1.73 bits per heavy atom. The van der Waals surface area contributed by atoms with E-state index < -0.39 is 30.3 Å². The van der Waals surface area contributed by atoms with Crippen molar-refractivity contribution in [2.45, 2.75) is 19.3 Å². The highest BCUT2D eigenvalue weighted by Gasteiger charge is 2.21. The third kappa shape index (κ3) is 7.28. The number of carboxylic acid groups (broad SMARTS) is 2. The van der Waals surface area contributed by atoms with Gasteiger partial charge in [0.05, 0.1) is 12.3 Å². The third-order valence-corrected chi connectivity index (χ3v) is 3.05. The maximum absolute atomic E-state index is 11.5. The van der Waals surface area contributed by atoms with Gasteiger partial charge in [0.2, 0.25) is 0 Å². The quantitative estimate of drug-likeness (QED) is 0.510. The second kappa shape index (κ2) is 9.38. The second-order valence-electron chi connectivity index (χ2n) is 4.86. The second-order valence-corrected chi connectivity index (χ2v) is 4.86. The lowest BCUT2D eigenvalue weighted by Gasteiger charge is -2.12. The Bertz CT molecular complexity index is 504. The van der Waals surface area contributed by atoms with E-state index in [-0.39, 0.29) is 6.54 Å². The molecule has 2 amide bonds. The van der Waals surface area contributed by atoms with E-state index in [0.29, 0.717) is 6.54 Å². The molecule has 0 spiro atoms. The van der Waals surface area contributed by atoms with Gasteiger partial charge in [0.1, 0.15) is 0 Å². The molecule has 0 saturated carbocycles. The molecule has 0 aliphatic rings. The third-order valence-electron chi connectivity index (χ3n) is 3.05. The van der Waals surface area contributed by atoms with Crippen LogP contribution < -0.4 is 10.6 Å². The molecule has 22 heavy (non-hydrogen) atoms. The number of hydrogen-bond acceptors (Lipinski definition) is 3. The first-order valence-electron chi connectivity index (χ1n) is 6.99. The summed E-state index contributed by atoms with van der Waals surface area (Å²) in [5.74, 6) is -3.59. The highest BCUT2D eigenvalue weighted by atomic mass is 16.4. The van der Waals surface area contributed by atoms with Crippen molar-refractivity contribution < 1.29 is 24.6 Å². The van der Waals surface area contributed by atoms with Crippen LogP contribution in [0.25, 0.3) is 0 Å². The summed E-state index contributed by atoms with van der Waals surface area (Å²) in [6.07, 6.45) is 1.07. The number of benzene rings is 1. The first kappa shape index (κ1) is 17.5. The van der Waals surface area contributed by atoms with E-state index >= 15 is 0 Å². The van der Waals surface area contributed by atoms with Crippen molar-refractivity contribution in [1.29, 1.82) is 0 Å². The SMILES string of the molecule is O=C(O)CC(CNC(=O)NCCCc1ccccc1)C(=O)O. The lowest BCUT2D eigenvalue weighted by atomic mass is 10.1. The van der Waals surface area contributed by atoms with Crippen LogP contribution in [0.5, 0.6) is 0 Å². The summed E-state index contributed by atoms with van der Waals surface area (Å²) in [5, 5.41) is 22.4. The van der Waals surface area contributed by atoms with Crippen molar-refractivity contribution in [3.05, 3.63) is 35.9 Å². The van der Waals surface area contributed by atoms with Gasteiger partial charge in [-0.3, -0.25) is 9.59 Å². The molecule has 0 fully saturated rings. The van der Waals surface area contributed by atoms with Gasteiger partial charge in [0, 0.05) is 13.1 Å². The van der Waals surface area contributed by atoms with Crippen LogP contribution in [-0.2, 0) is 16.0 Å². The van der Waals surface area contributed by atoms with E-state index in [2.05, 4.69) is 10.6 Å². The molecule has 0 aliphatic carbocycles. The van der Waals surface area contributed by atoms with Gasteiger partial charge in [-0.2, -0.15) is 0 Å². The number of carbonyl (C=O) groups is 3. The van der Waals surface area contributed by atoms with E-state index in [4.69, 9.17) is 10.2 Å². The van der Waals surface area contributed by atoms with Gasteiger partial charge >= 0.3 is 18.0 Å². The Morgan fingerprint density at radius 1 is 1.05 bits per heavy atom. The molecule has 7 heteroatoms. The molecule has 1 unspecified atom stereocenters. The minimum absolute atomic E-state index is 0.216. The molecule has 1 aromatic rings. The van der Waals surface area contributed by atoms with Crippen LogP contribution in [-0.4, -0.2) is 41.3 Å². The van der Waals surface area contributed by atoms with E-state index in [9.17, 15) is 14.4 Å². The molecule has 0 aliphatic heterocycles. The van der Waals surface area contributed by atoms with Crippen LogP contribution in [0.15, 0.2) is 30.3 Å². The van der Waals surface area contributed by atoms with Crippen molar-refractivity contribution in [3.63, 3.8) is 0 Å². The average Bonchev–Trinajstić information content (AvgIpc) is 2.48. The monoisotopic (exact) mass is 308 g/mol. The predicted octanol–water partition coefficient (Wildman–Crippen LogP) is 1.09. The van der Waals surface area contributed by atoms with Gasteiger partial charge in [0.25, 0.3) is 0 Å². The number of amides is 2. The zero-order valence-electron chi connectivity index (χ0n) is 12.1. The van der Waals surface area contributed by atoms with E-state index in [1.165, 1.54) is 5.56 Å². The zero-order chi connectivity index (χ0) is 16.4. The van der Waals surface area contributed by atoms with E-state index in [0.717, 1.165) is 12.8 Å². The molecule has 120 valence electrons. The Morgan fingerprint density at radius 3 is 2.32 bits per heavy atom. The highest BCUT2D eigenvalue weighted by molar-refractivity contribution is 5.79. The summed E-state index contributed by atoms with van der Waals surface area (Å²) in [7, 11) is 0. The van der Waals surface area contributed by atoms with Crippen molar-refractivity contribution >= 4 is 18.0 Å². The average molecular weight is 308 g/mol. The van der Waals surface area contributed by atoms with Gasteiger partial charge in [-0.25, -0.2) is 4.79 Å². The Labute approximate surface area is 128 Å². The standard InChI is InChI=1S/C15H20N2O5/c18-13(19)9-12(14(20)21)10-17-15(22)16-8-4-7-11-5-2-1-3-6-11/h1-3,5-6,12H,4,7-10H2,(H,18,19)(H,20,21)(H2,16,17,22). The fraction of sp³-hybridized carbons (Fsp3) is 0.400. The minimum Gasteiger partial charge on any atom is -0.481 e. The van der Waals surface area contributed by atoms with Crippen molar-refractivity contribution in [3.8, 4) is 0 Å². The smallest absolute Gasteiger partial charge is 0.314 e. The van der Waals surface area contributed by atoms with Crippen LogP contribution >= 0.6 is 0 Å². The predicted molar refractivity (Wildman–Crippen MR) is 79.5 cm³/mol. The Hall–Kier alpha value is -2.57. The molecule has 0 saturated heterocycles. The van der Waals surface area contributed by atoms with Gasteiger partial charge in [-0.05, 0) is 18.4 Å². The summed E-state index contributed by atoms with van der Waals surface area (Å²) >= 11 is 0. The molecule has 0 bridgehead atoms. The lowest BCUT2D eigenvalue weighted by molar-refractivity contribution is -0.148. The maximum Gasteiger partial charge on any atom is 0.314 e. The van der Waals surface area contributed by atoms with Crippen molar-refractivity contribution in [1.82, 2.24) is 10.6 Å². The molecule has 1 aromatic carbocycles. The van der Waals surface area contributed by atoms with Crippen LogP contribution in [0.3, 0.4) is 0 Å². The molecule has 0 heterocycles. The Balaban J connectivity index is 2.19. The first-order chi connectivity index (χ1) is 10.5. The fourth-order valence-electron chi connectivity index (χ4n) is 1.88. The Kier molecular flexibility index (Phi) is 7.45. The summed E-state index contributed by atoms with van der Waals surface area (Å²) in [6.45, 7) is 0.240. The van der Waals surface area contributed by atoms with Gasteiger partial charge in [0.15, 0.2) is 0 Å². The molecular weight excluding hydrogens is 288 g/mol. The molecule has 0 aromatic heterocycles. The number of hydrogen-bond donors (Lipinski definition) is 4. The normalized spacial score (nSPS) is 11.5. The molecule has 4 N–H and O–H groups in total. The summed E-state index contributed by atoms with van der Waals surface area (Å²) in [4.78, 5) is 32.8. The lowest BCUT2D eigenvalue weighted by Crippen LogP contribution is -2.40. The van der Waals surface area contributed by atoms with Crippen LogP contribution in [0.2, 0.25) is 0 Å². The van der Waals surface area contributed by atoms with Crippen LogP contribution in [0.1, 0.15) is 18.4 Å². The van der Waals surface area contributed by atoms with Gasteiger partial charge < -0.3 is 20.8 Å². The first-order valence-corrected chi connectivity index (χ1v) is 6.99. The molecule has 1 atom stereocenters. The fourth-order valence-corrected chi connectivity index (χ4v) is 1.88. The number of nitrogens with one attached hydrogen (secondary N) is 2. The number of carboxylic acids is 2. The van der Waals surface area contributed by atoms with E-state index in [1.54, 1.807) is 0 Å². The summed E-state index contributed by atoms with van der Waals surface area (Å²) < 4.78 is 0. The highest BCUT2D eigenvalue weighted by Crippen LogP contribution is 2.02. The maximum atomic E-state index is 11.5. The van der Waals surface area contributed by atoms with Gasteiger partial charge in [-0.1, -0.05) is 30.3 Å². The number of aryl methyl sites for hydroxylation is 1. The summed E-state index contributed by atoms with van der Waals surface area (Å²) in [5.41, 5.74) is 1.18. The molecule has 7 nitrogen and oxygen atoms in total. The zero-order valence-corrected chi connectivity index (χ0v) is 12.1. The summed E-state index contributed by atoms with van der Waals surface area (Å²) in [6, 6.07) is 9.34. The van der Waals surface area contributed by atoms with Gasteiger partial charge in [-0.15, -0.1) is 0 Å². The number of rotatable bonds is 9. The number of carbonyl (C=O) groups excluding carboxylic acids is 1. The van der Waals surface area contributed by atoms with E-state index in [1.807, 2.05) is 30.3 Å².